The molecule has 2 rings (SSSR count). The fourth-order valence-corrected chi connectivity index (χ4v) is 2.78. The van der Waals surface area contributed by atoms with E-state index < -0.39 is 5.97 Å². The van der Waals surface area contributed by atoms with Crippen molar-refractivity contribution in [2.24, 2.45) is 0 Å². The van der Waals surface area contributed by atoms with Crippen LogP contribution in [0.25, 0.3) is 0 Å². The van der Waals surface area contributed by atoms with Crippen molar-refractivity contribution in [2.75, 3.05) is 0 Å². The van der Waals surface area contributed by atoms with Crippen LogP contribution in [0.4, 0.5) is 0 Å². The summed E-state index contributed by atoms with van der Waals surface area (Å²) in [4.78, 5) is 27.3. The van der Waals surface area contributed by atoms with Crippen molar-refractivity contribution in [2.45, 2.75) is 6.54 Å². The van der Waals surface area contributed by atoms with Crippen LogP contribution in [0.15, 0.2) is 34.2 Å². The molecule has 7 heteroatoms. The number of nitrogens with one attached hydrogen (secondary N) is 1. The number of aromatic carboxylic acids is 1. The van der Waals surface area contributed by atoms with Crippen molar-refractivity contribution in [3.8, 4) is 0 Å². The molecule has 0 aliphatic rings. The molecule has 2 aromatic heterocycles. The van der Waals surface area contributed by atoms with E-state index in [2.05, 4.69) is 26.2 Å². The van der Waals surface area contributed by atoms with Gasteiger partial charge in [-0.1, -0.05) is 0 Å². The molecule has 0 fully saturated rings. The molecule has 0 unspecified atom stereocenters. The average Bonchev–Trinajstić information content (AvgIpc) is 2.82. The van der Waals surface area contributed by atoms with Crippen molar-refractivity contribution in [1.82, 2.24) is 10.3 Å². The Hall–Kier alpha value is -1.73. The number of halogens is 1. The molecule has 0 radical (unpaired) electrons. The summed E-state index contributed by atoms with van der Waals surface area (Å²) in [5.41, 5.74) is 0.249. The molecule has 5 nitrogen and oxygen atoms in total. The SMILES string of the molecule is O=C(O)c1ccc(C(=O)NCc2ccc(Br)s2)nc1. The molecule has 19 heavy (non-hydrogen) atoms. The topological polar surface area (TPSA) is 79.3 Å². The number of carboxylic acids is 1. The number of hydrogen-bond donors (Lipinski definition) is 2. The fraction of sp³-hybridized carbons (Fsp3) is 0.0833. The molecule has 0 atom stereocenters. The Labute approximate surface area is 121 Å². The molecule has 0 bridgehead atoms. The van der Waals surface area contributed by atoms with Crippen molar-refractivity contribution >= 4 is 39.1 Å². The second-order valence-corrected chi connectivity index (χ2v) is 6.17. The van der Waals surface area contributed by atoms with E-state index in [9.17, 15) is 9.59 Å². The third-order valence-corrected chi connectivity index (χ3v) is 3.92. The highest BCUT2D eigenvalue weighted by atomic mass is 79.9. The Morgan fingerprint density at radius 1 is 1.32 bits per heavy atom. The first-order valence-electron chi connectivity index (χ1n) is 5.28. The number of rotatable bonds is 4. The van der Waals surface area contributed by atoms with E-state index in [1.54, 1.807) is 0 Å². The van der Waals surface area contributed by atoms with Gasteiger partial charge in [-0.05, 0) is 40.2 Å². The number of pyridine rings is 1. The Morgan fingerprint density at radius 2 is 2.11 bits per heavy atom. The minimum atomic E-state index is -1.07. The molecule has 2 N–H and O–H groups in total. The van der Waals surface area contributed by atoms with Crippen LogP contribution < -0.4 is 5.32 Å². The predicted octanol–water partition coefficient (Wildman–Crippen LogP) is 2.53. The van der Waals surface area contributed by atoms with Crippen LogP contribution >= 0.6 is 27.3 Å². The van der Waals surface area contributed by atoms with Gasteiger partial charge in [0, 0.05) is 11.1 Å². The number of carbonyl (C=O) groups excluding carboxylic acids is 1. The molecule has 2 aromatic rings. The maximum Gasteiger partial charge on any atom is 0.337 e. The number of nitrogens with zero attached hydrogens (tertiary/aromatic N) is 1. The lowest BCUT2D eigenvalue weighted by Gasteiger charge is -2.03. The molecule has 0 aromatic carbocycles. The van der Waals surface area contributed by atoms with Crippen molar-refractivity contribution in [3.63, 3.8) is 0 Å². The van der Waals surface area contributed by atoms with Gasteiger partial charge >= 0.3 is 5.97 Å². The van der Waals surface area contributed by atoms with Crippen LogP contribution in [-0.4, -0.2) is 22.0 Å². The Kier molecular flexibility index (Phi) is 4.28. The Morgan fingerprint density at radius 3 is 2.63 bits per heavy atom. The van der Waals surface area contributed by atoms with Gasteiger partial charge in [0.25, 0.3) is 5.91 Å². The molecule has 2 heterocycles. The normalized spacial score (nSPS) is 10.2. The lowest BCUT2D eigenvalue weighted by molar-refractivity contribution is 0.0695. The Balaban J connectivity index is 1.98. The lowest BCUT2D eigenvalue weighted by atomic mass is 10.2. The fourth-order valence-electron chi connectivity index (χ4n) is 1.36. The predicted molar refractivity (Wildman–Crippen MR) is 74.4 cm³/mol. The van der Waals surface area contributed by atoms with E-state index in [1.807, 2.05) is 12.1 Å². The third kappa shape index (κ3) is 3.62. The second-order valence-electron chi connectivity index (χ2n) is 3.63. The molecule has 98 valence electrons. The number of thiophene rings is 1. The van der Waals surface area contributed by atoms with Crippen LogP contribution in [0, 0.1) is 0 Å². The van der Waals surface area contributed by atoms with E-state index in [0.717, 1.165) is 8.66 Å². The van der Waals surface area contributed by atoms with Gasteiger partial charge in [-0.3, -0.25) is 9.78 Å². The molecule has 0 aliphatic heterocycles. The highest BCUT2D eigenvalue weighted by Gasteiger charge is 2.09. The van der Waals surface area contributed by atoms with Gasteiger partial charge in [-0.15, -0.1) is 11.3 Å². The maximum atomic E-state index is 11.8. The zero-order valence-electron chi connectivity index (χ0n) is 9.59. The van der Waals surface area contributed by atoms with E-state index in [0.29, 0.717) is 6.54 Å². The van der Waals surface area contributed by atoms with Gasteiger partial charge in [0.1, 0.15) is 5.69 Å². The summed E-state index contributed by atoms with van der Waals surface area (Å²) in [7, 11) is 0. The van der Waals surface area contributed by atoms with E-state index in [-0.39, 0.29) is 17.2 Å². The quantitative estimate of drug-likeness (QED) is 0.896. The number of carboxylic acid groups (broad SMARTS) is 1. The van der Waals surface area contributed by atoms with Gasteiger partial charge in [0.2, 0.25) is 0 Å². The van der Waals surface area contributed by atoms with E-state index >= 15 is 0 Å². The number of carbonyl (C=O) groups is 2. The first-order valence-corrected chi connectivity index (χ1v) is 6.89. The lowest BCUT2D eigenvalue weighted by Crippen LogP contribution is -2.23. The Bertz CT molecular complexity index is 610. The zero-order chi connectivity index (χ0) is 13.8. The van der Waals surface area contributed by atoms with Crippen LogP contribution in [-0.2, 0) is 6.54 Å². The van der Waals surface area contributed by atoms with Crippen LogP contribution in [0.2, 0.25) is 0 Å². The third-order valence-electron chi connectivity index (χ3n) is 2.30. The minimum absolute atomic E-state index is 0.0544. The van der Waals surface area contributed by atoms with Crippen molar-refractivity contribution < 1.29 is 14.7 Å². The van der Waals surface area contributed by atoms with Gasteiger partial charge in [-0.25, -0.2) is 4.79 Å². The van der Waals surface area contributed by atoms with Crippen LogP contribution in [0.5, 0.6) is 0 Å². The van der Waals surface area contributed by atoms with Crippen LogP contribution in [0.1, 0.15) is 25.7 Å². The summed E-state index contributed by atoms with van der Waals surface area (Å²) < 4.78 is 1.00. The molecular weight excluding hydrogens is 332 g/mol. The molecule has 0 aliphatic carbocycles. The second kappa shape index (κ2) is 5.94. The summed E-state index contributed by atoms with van der Waals surface area (Å²) in [6.45, 7) is 0.414. The van der Waals surface area contributed by atoms with Gasteiger partial charge in [0.05, 0.1) is 15.9 Å². The van der Waals surface area contributed by atoms with Crippen molar-refractivity contribution in [3.05, 3.63) is 50.4 Å². The highest BCUT2D eigenvalue weighted by molar-refractivity contribution is 9.11. The standard InChI is InChI=1S/C12H9BrN2O3S/c13-10-4-2-8(19-10)6-15-11(16)9-3-1-7(5-14-9)12(17)18/h1-5H,6H2,(H,15,16)(H,17,18). The van der Waals surface area contributed by atoms with Crippen molar-refractivity contribution in [1.29, 1.82) is 0 Å². The van der Waals surface area contributed by atoms with Crippen LogP contribution in [0.3, 0.4) is 0 Å². The monoisotopic (exact) mass is 340 g/mol. The average molecular weight is 341 g/mol. The van der Waals surface area contributed by atoms with E-state index in [1.165, 1.54) is 29.7 Å². The summed E-state index contributed by atoms with van der Waals surface area (Å²) >= 11 is 4.88. The zero-order valence-corrected chi connectivity index (χ0v) is 12.0. The summed E-state index contributed by atoms with van der Waals surface area (Å²) in [5.74, 6) is -1.40. The van der Waals surface area contributed by atoms with Gasteiger partial charge in [0.15, 0.2) is 0 Å². The highest BCUT2D eigenvalue weighted by Crippen LogP contribution is 2.21. The molecule has 0 saturated carbocycles. The largest absolute Gasteiger partial charge is 0.478 e. The summed E-state index contributed by atoms with van der Waals surface area (Å²) in [6.07, 6.45) is 1.17. The maximum absolute atomic E-state index is 11.8. The molecule has 0 saturated heterocycles. The van der Waals surface area contributed by atoms with E-state index in [4.69, 9.17) is 5.11 Å². The van der Waals surface area contributed by atoms with Gasteiger partial charge in [-0.2, -0.15) is 0 Å². The first kappa shape index (κ1) is 13.7. The number of hydrogen-bond acceptors (Lipinski definition) is 4. The minimum Gasteiger partial charge on any atom is -0.478 e. The summed E-state index contributed by atoms with van der Waals surface area (Å²) in [5, 5.41) is 11.4. The molecule has 0 spiro atoms. The smallest absolute Gasteiger partial charge is 0.337 e. The first-order chi connectivity index (χ1) is 9.06. The number of amides is 1. The summed E-state index contributed by atoms with van der Waals surface area (Å²) in [6, 6.07) is 6.57. The number of aromatic nitrogens is 1. The molecule has 1 amide bonds. The molecular formula is C12H9BrN2O3S. The van der Waals surface area contributed by atoms with Gasteiger partial charge < -0.3 is 10.4 Å².